The molecule has 0 aromatic heterocycles. The van der Waals surface area contributed by atoms with Crippen LogP contribution >= 0.6 is 23.2 Å². The molecule has 0 heterocycles. The second kappa shape index (κ2) is 4.41. The molecule has 0 radical (unpaired) electrons. The lowest BCUT2D eigenvalue weighted by Crippen LogP contribution is -2.01. The first-order valence-electron chi connectivity index (χ1n) is 2.35. The molecule has 0 amide bonds. The summed E-state index contributed by atoms with van der Waals surface area (Å²) in [5.74, 6) is 0. The standard InChI is InChI=1S/C5H6Cl2O3/c1-3(6)4(7)10-5(8)9-2/h1-2H3/b4-3+. The van der Waals surface area contributed by atoms with Crippen molar-refractivity contribution in [2.24, 2.45) is 0 Å². The van der Waals surface area contributed by atoms with Crippen LogP contribution in [0.2, 0.25) is 0 Å². The molecule has 0 fully saturated rings. The minimum Gasteiger partial charge on any atom is -0.437 e. The molecule has 0 bridgehead atoms. The van der Waals surface area contributed by atoms with E-state index in [9.17, 15) is 4.79 Å². The zero-order valence-corrected chi connectivity index (χ0v) is 6.99. The van der Waals surface area contributed by atoms with Gasteiger partial charge in [-0.1, -0.05) is 11.6 Å². The number of hydrogen-bond acceptors (Lipinski definition) is 3. The van der Waals surface area contributed by atoms with Crippen molar-refractivity contribution in [3.8, 4) is 0 Å². The molecule has 3 nitrogen and oxygen atoms in total. The second-order valence-electron chi connectivity index (χ2n) is 1.36. The van der Waals surface area contributed by atoms with Crippen LogP contribution in [-0.4, -0.2) is 13.3 Å². The van der Waals surface area contributed by atoms with Crippen LogP contribution < -0.4 is 0 Å². The lowest BCUT2D eigenvalue weighted by molar-refractivity contribution is 0.102. The zero-order valence-electron chi connectivity index (χ0n) is 5.48. The normalized spacial score (nSPS) is 12.0. The van der Waals surface area contributed by atoms with Crippen molar-refractivity contribution in [3.63, 3.8) is 0 Å². The predicted octanol–water partition coefficient (Wildman–Crippen LogP) is 2.44. The third kappa shape index (κ3) is 3.58. The number of allylic oxidation sites excluding steroid dienone is 1. The molecular weight excluding hydrogens is 179 g/mol. The molecule has 0 aromatic rings. The van der Waals surface area contributed by atoms with Crippen LogP contribution in [0.3, 0.4) is 0 Å². The Labute approximate surface area is 68.5 Å². The van der Waals surface area contributed by atoms with Crippen LogP contribution in [0.4, 0.5) is 4.79 Å². The summed E-state index contributed by atoms with van der Waals surface area (Å²) in [5.41, 5.74) is 0. The highest BCUT2D eigenvalue weighted by Crippen LogP contribution is 2.14. The van der Waals surface area contributed by atoms with Gasteiger partial charge in [-0.25, -0.2) is 4.79 Å². The number of carbonyl (C=O) groups excluding carboxylic acids is 1. The Bertz CT molecular complexity index is 160. The number of halogens is 2. The molecule has 0 aliphatic carbocycles. The van der Waals surface area contributed by atoms with Crippen LogP contribution in [0.5, 0.6) is 0 Å². The Hall–Kier alpha value is -0.410. The molecule has 0 saturated heterocycles. The highest BCUT2D eigenvalue weighted by atomic mass is 35.5. The molecule has 58 valence electrons. The Morgan fingerprint density at radius 3 is 2.20 bits per heavy atom. The van der Waals surface area contributed by atoms with Gasteiger partial charge in [0, 0.05) is 0 Å². The van der Waals surface area contributed by atoms with Crippen molar-refractivity contribution >= 4 is 29.4 Å². The Morgan fingerprint density at radius 1 is 1.40 bits per heavy atom. The van der Waals surface area contributed by atoms with E-state index in [0.29, 0.717) is 0 Å². The summed E-state index contributed by atoms with van der Waals surface area (Å²) < 4.78 is 8.45. The maximum Gasteiger partial charge on any atom is 0.514 e. The van der Waals surface area contributed by atoms with Gasteiger partial charge >= 0.3 is 6.16 Å². The van der Waals surface area contributed by atoms with Gasteiger partial charge in [0.25, 0.3) is 0 Å². The van der Waals surface area contributed by atoms with Crippen molar-refractivity contribution in [2.75, 3.05) is 7.11 Å². The van der Waals surface area contributed by atoms with Crippen LogP contribution in [0.15, 0.2) is 10.3 Å². The first-order valence-corrected chi connectivity index (χ1v) is 3.11. The molecule has 0 N–H and O–H groups in total. The van der Waals surface area contributed by atoms with E-state index >= 15 is 0 Å². The molecule has 0 atom stereocenters. The number of methoxy groups -OCH3 is 1. The molecule has 10 heavy (non-hydrogen) atoms. The largest absolute Gasteiger partial charge is 0.514 e. The van der Waals surface area contributed by atoms with Crippen LogP contribution in [0.1, 0.15) is 6.92 Å². The Kier molecular flexibility index (Phi) is 4.23. The van der Waals surface area contributed by atoms with Gasteiger partial charge in [-0.2, -0.15) is 0 Å². The van der Waals surface area contributed by atoms with E-state index < -0.39 is 6.16 Å². The monoisotopic (exact) mass is 184 g/mol. The summed E-state index contributed by atoms with van der Waals surface area (Å²) in [6, 6.07) is 0. The molecule has 0 spiro atoms. The summed E-state index contributed by atoms with van der Waals surface area (Å²) >= 11 is 10.7. The average molecular weight is 185 g/mol. The fraction of sp³-hybridized carbons (Fsp3) is 0.400. The maximum absolute atomic E-state index is 10.3. The first-order chi connectivity index (χ1) is 4.57. The smallest absolute Gasteiger partial charge is 0.437 e. The number of hydrogen-bond donors (Lipinski definition) is 0. The number of ether oxygens (including phenoxy) is 2. The zero-order chi connectivity index (χ0) is 8.15. The molecule has 0 saturated carbocycles. The molecule has 0 unspecified atom stereocenters. The van der Waals surface area contributed by atoms with Gasteiger partial charge in [0.2, 0.25) is 5.22 Å². The lowest BCUT2D eigenvalue weighted by Gasteiger charge is -1.99. The summed E-state index contributed by atoms with van der Waals surface area (Å²) in [5, 5.41) is 0.0283. The SMILES string of the molecule is COC(=O)O/C(Cl)=C(\C)Cl. The van der Waals surface area contributed by atoms with E-state index in [2.05, 4.69) is 9.47 Å². The number of rotatable bonds is 1. The highest BCUT2D eigenvalue weighted by molar-refractivity contribution is 6.38. The second-order valence-corrected chi connectivity index (χ2v) is 2.27. The summed E-state index contributed by atoms with van der Waals surface area (Å²) in [6.07, 6.45) is -0.884. The van der Waals surface area contributed by atoms with E-state index in [-0.39, 0.29) is 10.3 Å². The molecular formula is C5H6Cl2O3. The number of carbonyl (C=O) groups is 1. The first kappa shape index (κ1) is 9.59. The van der Waals surface area contributed by atoms with Crippen molar-refractivity contribution in [3.05, 3.63) is 10.3 Å². The molecule has 0 aliphatic heterocycles. The summed E-state index contributed by atoms with van der Waals surface area (Å²) in [4.78, 5) is 10.3. The Balaban J connectivity index is 3.92. The van der Waals surface area contributed by atoms with E-state index in [1.54, 1.807) is 0 Å². The van der Waals surface area contributed by atoms with E-state index in [4.69, 9.17) is 23.2 Å². The minimum absolute atomic E-state index is 0.173. The summed E-state index contributed by atoms with van der Waals surface area (Å²) in [7, 11) is 1.18. The van der Waals surface area contributed by atoms with Crippen LogP contribution in [0, 0.1) is 0 Å². The van der Waals surface area contributed by atoms with Gasteiger partial charge in [-0.3, -0.25) is 0 Å². The topological polar surface area (TPSA) is 35.5 Å². The molecule has 0 aliphatic rings. The van der Waals surface area contributed by atoms with E-state index in [0.717, 1.165) is 0 Å². The third-order valence-electron chi connectivity index (χ3n) is 0.610. The lowest BCUT2D eigenvalue weighted by atomic mass is 10.7. The van der Waals surface area contributed by atoms with Crippen LogP contribution in [-0.2, 0) is 9.47 Å². The molecule has 5 heteroatoms. The van der Waals surface area contributed by atoms with Gasteiger partial charge < -0.3 is 9.47 Å². The average Bonchev–Trinajstić information content (AvgIpc) is 1.87. The fourth-order valence-electron chi connectivity index (χ4n) is 0.185. The van der Waals surface area contributed by atoms with E-state index in [1.807, 2.05) is 0 Å². The van der Waals surface area contributed by atoms with Crippen molar-refractivity contribution < 1.29 is 14.3 Å². The van der Waals surface area contributed by atoms with Gasteiger partial charge in [-0.05, 0) is 18.5 Å². The van der Waals surface area contributed by atoms with Crippen molar-refractivity contribution in [1.29, 1.82) is 0 Å². The minimum atomic E-state index is -0.884. The van der Waals surface area contributed by atoms with Crippen molar-refractivity contribution in [1.82, 2.24) is 0 Å². The van der Waals surface area contributed by atoms with Gasteiger partial charge in [0.15, 0.2) is 0 Å². The quantitative estimate of drug-likeness (QED) is 0.464. The molecule has 0 rings (SSSR count). The highest BCUT2D eigenvalue weighted by Gasteiger charge is 2.05. The van der Waals surface area contributed by atoms with Gasteiger partial charge in [-0.15, -0.1) is 0 Å². The maximum atomic E-state index is 10.3. The van der Waals surface area contributed by atoms with Gasteiger partial charge in [0.1, 0.15) is 0 Å². The summed E-state index contributed by atoms with van der Waals surface area (Å²) in [6.45, 7) is 1.49. The van der Waals surface area contributed by atoms with Gasteiger partial charge in [0.05, 0.1) is 12.1 Å². The van der Waals surface area contributed by atoms with E-state index in [1.165, 1.54) is 14.0 Å². The molecule has 0 aromatic carbocycles. The van der Waals surface area contributed by atoms with Crippen molar-refractivity contribution in [2.45, 2.75) is 6.92 Å². The predicted molar refractivity (Wildman–Crippen MR) is 37.9 cm³/mol. The fourth-order valence-corrected chi connectivity index (χ4v) is 0.287. The van der Waals surface area contributed by atoms with Crippen LogP contribution in [0.25, 0.3) is 0 Å². The Morgan fingerprint density at radius 2 is 1.90 bits per heavy atom. The third-order valence-corrected chi connectivity index (χ3v) is 1.24.